The van der Waals surface area contributed by atoms with Gasteiger partial charge in [-0.15, -0.1) is 0 Å². The highest BCUT2D eigenvalue weighted by atomic mass is 16.5. The molecule has 3 N–H and O–H groups in total. The van der Waals surface area contributed by atoms with Crippen molar-refractivity contribution in [1.29, 1.82) is 0 Å². The third-order valence-electron chi connectivity index (χ3n) is 6.88. The molecule has 1 unspecified atom stereocenters. The molecule has 1 aromatic carbocycles. The molecule has 1 aliphatic heterocycles. The number of methoxy groups -OCH3 is 1. The fraction of sp³-hybridized carbons (Fsp3) is 0.581. The summed E-state index contributed by atoms with van der Waals surface area (Å²) in [6.07, 6.45) is 5.64. The first-order valence-corrected chi connectivity index (χ1v) is 14.4. The Morgan fingerprint density at radius 1 is 1.12 bits per heavy atom. The van der Waals surface area contributed by atoms with Crippen LogP contribution in [0.2, 0.25) is 0 Å². The average molecular weight is 555 g/mol. The Balaban J connectivity index is 1.54. The minimum atomic E-state index is -1.01. The lowest BCUT2D eigenvalue weighted by Crippen LogP contribution is -2.44. The van der Waals surface area contributed by atoms with Crippen LogP contribution in [-0.4, -0.2) is 72.8 Å². The fourth-order valence-electron chi connectivity index (χ4n) is 4.76. The van der Waals surface area contributed by atoms with Gasteiger partial charge in [-0.2, -0.15) is 0 Å². The molecule has 0 aliphatic carbocycles. The highest BCUT2D eigenvalue weighted by Gasteiger charge is 2.24. The molecule has 0 saturated heterocycles. The quantitative estimate of drug-likeness (QED) is 0.259. The van der Waals surface area contributed by atoms with Crippen LogP contribution < -0.4 is 20.1 Å². The molecule has 1 amide bonds. The molecule has 1 aliphatic rings. The number of rotatable bonds is 16. The molecule has 0 bridgehead atoms. The first kappa shape index (κ1) is 31.2. The van der Waals surface area contributed by atoms with Crippen LogP contribution in [0.4, 0.5) is 5.82 Å². The van der Waals surface area contributed by atoms with Gasteiger partial charge in [0.25, 0.3) is 0 Å². The summed E-state index contributed by atoms with van der Waals surface area (Å²) in [4.78, 5) is 31.3. The predicted molar refractivity (Wildman–Crippen MR) is 157 cm³/mol. The van der Waals surface area contributed by atoms with Gasteiger partial charge in [0.2, 0.25) is 5.91 Å². The van der Waals surface area contributed by atoms with Crippen LogP contribution in [0.5, 0.6) is 11.5 Å². The van der Waals surface area contributed by atoms with Crippen molar-refractivity contribution in [1.82, 2.24) is 15.2 Å². The van der Waals surface area contributed by atoms with Gasteiger partial charge in [0.1, 0.15) is 30.0 Å². The Morgan fingerprint density at radius 2 is 1.93 bits per heavy atom. The molecule has 1 atom stereocenters. The number of aromatic nitrogens is 1. The van der Waals surface area contributed by atoms with Gasteiger partial charge in [0.05, 0.1) is 7.11 Å². The Bertz CT molecular complexity index is 1100. The summed E-state index contributed by atoms with van der Waals surface area (Å²) >= 11 is 0. The largest absolute Gasteiger partial charge is 0.497 e. The molecule has 2 aromatic rings. The third-order valence-corrected chi connectivity index (χ3v) is 6.88. The number of hydrogen-bond donors (Lipinski definition) is 3. The molecule has 2 heterocycles. The summed E-state index contributed by atoms with van der Waals surface area (Å²) in [5.41, 5.74) is 2.17. The molecule has 9 nitrogen and oxygen atoms in total. The van der Waals surface area contributed by atoms with Crippen molar-refractivity contribution < 1.29 is 24.2 Å². The van der Waals surface area contributed by atoms with Gasteiger partial charge in [0.15, 0.2) is 0 Å². The van der Waals surface area contributed by atoms with E-state index in [1.807, 2.05) is 45.0 Å². The summed E-state index contributed by atoms with van der Waals surface area (Å²) in [6.45, 7) is 9.29. The van der Waals surface area contributed by atoms with Crippen molar-refractivity contribution in [2.24, 2.45) is 5.41 Å². The van der Waals surface area contributed by atoms with Crippen LogP contribution in [0.15, 0.2) is 36.4 Å². The monoisotopic (exact) mass is 554 g/mol. The van der Waals surface area contributed by atoms with E-state index in [9.17, 15) is 14.7 Å². The molecule has 1 aromatic heterocycles. The van der Waals surface area contributed by atoms with E-state index in [4.69, 9.17) is 14.5 Å². The number of carboxylic acid groups (broad SMARTS) is 1. The van der Waals surface area contributed by atoms with Crippen LogP contribution in [0.3, 0.4) is 0 Å². The molecule has 0 fully saturated rings. The molecular formula is C31H46N4O5. The number of amides is 1. The summed E-state index contributed by atoms with van der Waals surface area (Å²) in [7, 11) is 1.62. The number of benzene rings is 1. The third kappa shape index (κ3) is 11.0. The number of aliphatic carboxylic acids is 1. The Kier molecular flexibility index (Phi) is 12.1. The number of carbonyl (C=O) groups is 2. The van der Waals surface area contributed by atoms with Crippen molar-refractivity contribution >= 4 is 17.7 Å². The van der Waals surface area contributed by atoms with E-state index in [0.717, 1.165) is 68.2 Å². The number of carboxylic acids is 1. The lowest BCUT2D eigenvalue weighted by atomic mass is 9.92. The zero-order valence-corrected chi connectivity index (χ0v) is 24.5. The van der Waals surface area contributed by atoms with E-state index < -0.39 is 12.0 Å². The molecule has 9 heteroatoms. The molecule has 0 saturated carbocycles. The van der Waals surface area contributed by atoms with Crippen molar-refractivity contribution in [2.75, 3.05) is 45.2 Å². The second-order valence-corrected chi connectivity index (χ2v) is 11.7. The van der Waals surface area contributed by atoms with Crippen LogP contribution in [-0.2, 0) is 22.4 Å². The second-order valence-electron chi connectivity index (χ2n) is 11.7. The normalized spacial score (nSPS) is 13.7. The second kappa shape index (κ2) is 15.5. The van der Waals surface area contributed by atoms with Gasteiger partial charge in [0, 0.05) is 37.8 Å². The average Bonchev–Trinajstić information content (AvgIpc) is 2.91. The number of nitrogens with one attached hydrogen (secondary N) is 2. The SMILES string of the molecule is COc1cccc(OCCN(CCCCc2ccc3c(n2)NCCC3)CCC(NC(=O)CC(C)(C)C)C(=O)O)c1. The summed E-state index contributed by atoms with van der Waals surface area (Å²) in [5.74, 6) is 1.23. The molecule has 0 spiro atoms. The van der Waals surface area contributed by atoms with Gasteiger partial charge in [-0.3, -0.25) is 9.69 Å². The van der Waals surface area contributed by atoms with Crippen LogP contribution in [0.25, 0.3) is 0 Å². The summed E-state index contributed by atoms with van der Waals surface area (Å²) in [5, 5.41) is 15.9. The lowest BCUT2D eigenvalue weighted by molar-refractivity contribution is -0.142. The highest BCUT2D eigenvalue weighted by molar-refractivity contribution is 5.83. The maximum Gasteiger partial charge on any atom is 0.326 e. The van der Waals surface area contributed by atoms with Crippen molar-refractivity contribution in [3.8, 4) is 11.5 Å². The maximum atomic E-state index is 12.4. The van der Waals surface area contributed by atoms with Gasteiger partial charge in [-0.1, -0.05) is 32.9 Å². The number of carbonyl (C=O) groups excluding carboxylic acids is 1. The van der Waals surface area contributed by atoms with E-state index >= 15 is 0 Å². The lowest BCUT2D eigenvalue weighted by Gasteiger charge is -2.25. The Morgan fingerprint density at radius 3 is 2.67 bits per heavy atom. The maximum absolute atomic E-state index is 12.4. The standard InChI is InChI=1S/C31H46N4O5/c1-31(2,3)22-28(36)34-27(30(37)38)15-18-35(19-20-40-26-12-7-11-25(21-26)39-4)17-6-5-10-24-14-13-23-9-8-16-32-29(23)33-24/h7,11-14,21,27H,5-6,8-10,15-20,22H2,1-4H3,(H,32,33)(H,34,36)(H,37,38). The van der Waals surface area contributed by atoms with E-state index in [-0.39, 0.29) is 17.7 Å². The minimum absolute atomic E-state index is 0.209. The molecule has 0 radical (unpaired) electrons. The zero-order chi connectivity index (χ0) is 29.0. The first-order chi connectivity index (χ1) is 19.1. The number of aryl methyl sites for hydroxylation is 2. The number of ether oxygens (including phenoxy) is 2. The highest BCUT2D eigenvalue weighted by Crippen LogP contribution is 2.21. The van der Waals surface area contributed by atoms with Crippen molar-refractivity contribution in [2.45, 2.75) is 71.8 Å². The number of fused-ring (bicyclic) bond motifs is 1. The number of hydrogen-bond acceptors (Lipinski definition) is 7. The Labute approximate surface area is 238 Å². The summed E-state index contributed by atoms with van der Waals surface area (Å²) in [6, 6.07) is 10.9. The van der Waals surface area contributed by atoms with Gasteiger partial charge in [-0.25, -0.2) is 9.78 Å². The van der Waals surface area contributed by atoms with Crippen LogP contribution in [0, 0.1) is 5.41 Å². The molecular weight excluding hydrogens is 508 g/mol. The predicted octanol–water partition coefficient (Wildman–Crippen LogP) is 4.55. The van der Waals surface area contributed by atoms with Gasteiger partial charge < -0.3 is 25.2 Å². The van der Waals surface area contributed by atoms with Crippen molar-refractivity contribution in [3.05, 3.63) is 47.7 Å². The van der Waals surface area contributed by atoms with Crippen molar-refractivity contribution in [3.63, 3.8) is 0 Å². The molecule has 3 rings (SSSR count). The molecule has 40 heavy (non-hydrogen) atoms. The zero-order valence-electron chi connectivity index (χ0n) is 24.5. The summed E-state index contributed by atoms with van der Waals surface area (Å²) < 4.78 is 11.2. The van der Waals surface area contributed by atoms with E-state index in [0.29, 0.717) is 26.1 Å². The number of unbranched alkanes of at least 4 members (excludes halogenated alkanes) is 1. The first-order valence-electron chi connectivity index (χ1n) is 14.4. The number of nitrogens with zero attached hydrogens (tertiary/aromatic N) is 2. The molecule has 220 valence electrons. The number of pyridine rings is 1. The van der Waals surface area contributed by atoms with Gasteiger partial charge in [-0.05, 0) is 74.2 Å². The van der Waals surface area contributed by atoms with E-state index in [1.165, 1.54) is 5.56 Å². The van der Waals surface area contributed by atoms with Gasteiger partial charge >= 0.3 is 5.97 Å². The minimum Gasteiger partial charge on any atom is -0.497 e. The van der Waals surface area contributed by atoms with E-state index in [2.05, 4.69) is 27.7 Å². The smallest absolute Gasteiger partial charge is 0.326 e. The topological polar surface area (TPSA) is 113 Å². The van der Waals surface area contributed by atoms with E-state index in [1.54, 1.807) is 7.11 Å². The van der Waals surface area contributed by atoms with Crippen LogP contribution in [0.1, 0.15) is 64.1 Å². The fourth-order valence-corrected chi connectivity index (χ4v) is 4.76. The Hall–Kier alpha value is -3.33. The number of anilines is 1. The van der Waals surface area contributed by atoms with Crippen LogP contribution >= 0.6 is 0 Å².